The molecule has 1 fully saturated rings. The fraction of sp³-hybridized carbons (Fsp3) is 0.571. The molecule has 0 saturated carbocycles. The van der Waals surface area contributed by atoms with Crippen LogP contribution in [0.3, 0.4) is 0 Å². The van der Waals surface area contributed by atoms with Crippen LogP contribution in [-0.4, -0.2) is 36.2 Å². The molecular weight excluding hydrogens is 250 g/mol. The Morgan fingerprint density at radius 2 is 2.11 bits per heavy atom. The highest BCUT2D eigenvalue weighted by atomic mass is 35.5. The van der Waals surface area contributed by atoms with Gasteiger partial charge in [-0.1, -0.05) is 17.7 Å². The Balaban J connectivity index is 1.85. The maximum atomic E-state index is 9.45. The van der Waals surface area contributed by atoms with E-state index in [1.165, 1.54) is 25.9 Å². The molecule has 0 amide bonds. The molecule has 100 valence electrons. The van der Waals surface area contributed by atoms with Gasteiger partial charge in [-0.3, -0.25) is 4.90 Å². The van der Waals surface area contributed by atoms with Crippen LogP contribution in [0.5, 0.6) is 5.75 Å². The molecule has 1 aliphatic heterocycles. The van der Waals surface area contributed by atoms with Gasteiger partial charge in [0.25, 0.3) is 0 Å². The Morgan fingerprint density at radius 3 is 2.72 bits per heavy atom. The summed E-state index contributed by atoms with van der Waals surface area (Å²) in [5.41, 5.74) is 0.812. The molecular formula is C14H20ClNO2. The minimum absolute atomic E-state index is 0.499. The van der Waals surface area contributed by atoms with E-state index in [2.05, 4.69) is 4.90 Å². The molecule has 1 aliphatic rings. The van der Waals surface area contributed by atoms with E-state index < -0.39 is 6.10 Å². The first kappa shape index (κ1) is 13.7. The largest absolute Gasteiger partial charge is 0.491 e. The van der Waals surface area contributed by atoms with Gasteiger partial charge in [-0.15, -0.1) is 0 Å². The lowest BCUT2D eigenvalue weighted by Crippen LogP contribution is -2.25. The van der Waals surface area contributed by atoms with E-state index in [0.29, 0.717) is 17.4 Å². The summed E-state index contributed by atoms with van der Waals surface area (Å²) in [5, 5.41) is 10.0. The first-order chi connectivity index (χ1) is 8.66. The lowest BCUT2D eigenvalue weighted by Gasteiger charge is -2.16. The van der Waals surface area contributed by atoms with Crippen LogP contribution in [0.1, 0.15) is 31.4 Å². The predicted molar refractivity (Wildman–Crippen MR) is 73.3 cm³/mol. The van der Waals surface area contributed by atoms with Gasteiger partial charge in [0.05, 0.1) is 11.1 Å². The molecule has 0 radical (unpaired) electrons. The summed E-state index contributed by atoms with van der Waals surface area (Å²) < 4.78 is 5.68. The normalized spacial score (nSPS) is 17.9. The Hall–Kier alpha value is -0.770. The van der Waals surface area contributed by atoms with Crippen molar-refractivity contribution >= 4 is 11.6 Å². The summed E-state index contributed by atoms with van der Waals surface area (Å²) in [6.45, 7) is 5.69. The SMILES string of the molecule is C[C@@H](O)c1ccc(OCCN2CCCC2)c(Cl)c1. The lowest BCUT2D eigenvalue weighted by atomic mass is 10.1. The third kappa shape index (κ3) is 3.61. The molecule has 0 spiro atoms. The number of ether oxygens (including phenoxy) is 1. The molecule has 1 aromatic rings. The monoisotopic (exact) mass is 269 g/mol. The second kappa shape index (κ2) is 6.41. The lowest BCUT2D eigenvalue weighted by molar-refractivity contribution is 0.199. The zero-order valence-electron chi connectivity index (χ0n) is 10.7. The molecule has 1 aromatic carbocycles. The van der Waals surface area contributed by atoms with Crippen molar-refractivity contribution in [3.05, 3.63) is 28.8 Å². The molecule has 2 rings (SSSR count). The maximum absolute atomic E-state index is 9.45. The molecule has 0 bridgehead atoms. The average molecular weight is 270 g/mol. The first-order valence-corrected chi connectivity index (χ1v) is 6.87. The van der Waals surface area contributed by atoms with Crippen molar-refractivity contribution < 1.29 is 9.84 Å². The molecule has 1 atom stereocenters. The van der Waals surface area contributed by atoms with Crippen molar-refractivity contribution in [1.82, 2.24) is 4.90 Å². The van der Waals surface area contributed by atoms with Crippen molar-refractivity contribution in [3.63, 3.8) is 0 Å². The number of likely N-dealkylation sites (tertiary alicyclic amines) is 1. The highest BCUT2D eigenvalue weighted by Gasteiger charge is 2.11. The van der Waals surface area contributed by atoms with Gasteiger partial charge in [-0.2, -0.15) is 0 Å². The van der Waals surface area contributed by atoms with Crippen LogP contribution in [0.2, 0.25) is 5.02 Å². The van der Waals surface area contributed by atoms with Crippen LogP contribution in [0.15, 0.2) is 18.2 Å². The van der Waals surface area contributed by atoms with Crippen LogP contribution < -0.4 is 4.74 Å². The van der Waals surface area contributed by atoms with Gasteiger partial charge in [-0.05, 0) is 50.6 Å². The van der Waals surface area contributed by atoms with E-state index in [4.69, 9.17) is 16.3 Å². The highest BCUT2D eigenvalue weighted by molar-refractivity contribution is 6.32. The number of benzene rings is 1. The number of aliphatic hydroxyl groups excluding tert-OH is 1. The third-order valence-electron chi connectivity index (χ3n) is 3.30. The van der Waals surface area contributed by atoms with E-state index in [-0.39, 0.29) is 0 Å². The molecule has 18 heavy (non-hydrogen) atoms. The van der Waals surface area contributed by atoms with Crippen LogP contribution in [0, 0.1) is 0 Å². The highest BCUT2D eigenvalue weighted by Crippen LogP contribution is 2.27. The molecule has 1 heterocycles. The van der Waals surface area contributed by atoms with Gasteiger partial charge in [0.15, 0.2) is 0 Å². The van der Waals surface area contributed by atoms with Crippen molar-refractivity contribution in [3.8, 4) is 5.75 Å². The summed E-state index contributed by atoms with van der Waals surface area (Å²) in [5.74, 6) is 0.695. The zero-order valence-corrected chi connectivity index (χ0v) is 11.5. The number of aliphatic hydroxyl groups is 1. The number of rotatable bonds is 5. The summed E-state index contributed by atoms with van der Waals surface area (Å²) in [7, 11) is 0. The van der Waals surface area contributed by atoms with Gasteiger partial charge in [-0.25, -0.2) is 0 Å². The van der Waals surface area contributed by atoms with Gasteiger partial charge < -0.3 is 9.84 Å². The van der Waals surface area contributed by atoms with E-state index in [9.17, 15) is 5.11 Å². The van der Waals surface area contributed by atoms with E-state index >= 15 is 0 Å². The molecule has 1 N–H and O–H groups in total. The van der Waals surface area contributed by atoms with Gasteiger partial charge >= 0.3 is 0 Å². The van der Waals surface area contributed by atoms with Crippen LogP contribution in [-0.2, 0) is 0 Å². The van der Waals surface area contributed by atoms with Gasteiger partial charge in [0, 0.05) is 6.54 Å². The standard InChI is InChI=1S/C14H20ClNO2/c1-11(17)12-4-5-14(13(15)10-12)18-9-8-16-6-2-3-7-16/h4-5,10-11,17H,2-3,6-9H2,1H3/t11-/m1/s1. The Kier molecular flexibility index (Phi) is 4.87. The van der Waals surface area contributed by atoms with E-state index in [0.717, 1.165) is 12.1 Å². The topological polar surface area (TPSA) is 32.7 Å². The van der Waals surface area contributed by atoms with Crippen molar-refractivity contribution in [2.24, 2.45) is 0 Å². The van der Waals surface area contributed by atoms with E-state index in [1.807, 2.05) is 12.1 Å². The smallest absolute Gasteiger partial charge is 0.137 e. The molecule has 3 nitrogen and oxygen atoms in total. The fourth-order valence-corrected chi connectivity index (χ4v) is 2.43. The number of nitrogens with zero attached hydrogens (tertiary/aromatic N) is 1. The van der Waals surface area contributed by atoms with Gasteiger partial charge in [0.1, 0.15) is 12.4 Å². The minimum atomic E-state index is -0.499. The minimum Gasteiger partial charge on any atom is -0.491 e. The van der Waals surface area contributed by atoms with Crippen molar-refractivity contribution in [1.29, 1.82) is 0 Å². The van der Waals surface area contributed by atoms with E-state index in [1.54, 1.807) is 13.0 Å². The van der Waals surface area contributed by atoms with Crippen molar-refractivity contribution in [2.75, 3.05) is 26.2 Å². The third-order valence-corrected chi connectivity index (χ3v) is 3.60. The Labute approximate surface area is 113 Å². The maximum Gasteiger partial charge on any atom is 0.137 e. The summed E-state index contributed by atoms with van der Waals surface area (Å²) in [6.07, 6.45) is 2.09. The quantitative estimate of drug-likeness (QED) is 0.892. The molecule has 4 heteroatoms. The van der Waals surface area contributed by atoms with Crippen LogP contribution in [0.25, 0.3) is 0 Å². The molecule has 0 unspecified atom stereocenters. The molecule has 0 aliphatic carbocycles. The van der Waals surface area contributed by atoms with Gasteiger partial charge in [0.2, 0.25) is 0 Å². The molecule has 0 aromatic heterocycles. The fourth-order valence-electron chi connectivity index (χ4n) is 2.18. The summed E-state index contributed by atoms with van der Waals surface area (Å²) >= 11 is 6.12. The number of halogens is 1. The number of hydrogen-bond acceptors (Lipinski definition) is 3. The van der Waals surface area contributed by atoms with Crippen LogP contribution >= 0.6 is 11.6 Å². The van der Waals surface area contributed by atoms with Crippen molar-refractivity contribution in [2.45, 2.75) is 25.9 Å². The number of hydrogen-bond donors (Lipinski definition) is 1. The van der Waals surface area contributed by atoms with Crippen LogP contribution in [0.4, 0.5) is 0 Å². The Bertz CT molecular complexity index is 389. The average Bonchev–Trinajstić information content (AvgIpc) is 2.84. The summed E-state index contributed by atoms with van der Waals surface area (Å²) in [6, 6.07) is 5.44. The second-order valence-corrected chi connectivity index (χ2v) is 5.17. The zero-order chi connectivity index (χ0) is 13.0. The second-order valence-electron chi connectivity index (χ2n) is 4.76. The predicted octanol–water partition coefficient (Wildman–Crippen LogP) is 2.87. The Morgan fingerprint density at radius 1 is 1.39 bits per heavy atom. The first-order valence-electron chi connectivity index (χ1n) is 6.49. The molecule has 1 saturated heterocycles. The summed E-state index contributed by atoms with van der Waals surface area (Å²) in [4.78, 5) is 2.40.